The molecule has 258 valence electrons. The van der Waals surface area contributed by atoms with Gasteiger partial charge in [-0.25, -0.2) is 9.59 Å². The zero-order chi connectivity index (χ0) is 35.6. The number of carboxylic acid groups (broad SMARTS) is 1. The lowest BCUT2D eigenvalue weighted by Crippen LogP contribution is -2.63. The Kier molecular flexibility index (Phi) is 12.1. The van der Waals surface area contributed by atoms with Crippen LogP contribution in [0.2, 0.25) is 0 Å². The summed E-state index contributed by atoms with van der Waals surface area (Å²) in [4.78, 5) is 66.5. The van der Waals surface area contributed by atoms with Crippen LogP contribution in [0.3, 0.4) is 0 Å². The molecule has 1 aliphatic rings. The maximum atomic E-state index is 14.2. The molecule has 1 heterocycles. The summed E-state index contributed by atoms with van der Waals surface area (Å²) >= 11 is 0. The lowest BCUT2D eigenvalue weighted by Gasteiger charge is -2.38. The Morgan fingerprint density at radius 1 is 0.857 bits per heavy atom. The Bertz CT molecular complexity index is 1600. The van der Waals surface area contributed by atoms with Gasteiger partial charge in [0.15, 0.2) is 12.2 Å². The topological polar surface area (TPSA) is 161 Å². The molecule has 0 saturated carbocycles. The number of alkyl carbamates (subject to hydrolysis) is 1. The maximum absolute atomic E-state index is 14.2. The van der Waals surface area contributed by atoms with Gasteiger partial charge >= 0.3 is 18.0 Å². The molecule has 0 aliphatic carbocycles. The van der Waals surface area contributed by atoms with E-state index in [1.54, 1.807) is 69.3 Å². The second-order valence-corrected chi connectivity index (χ2v) is 12.5. The normalized spacial score (nSPS) is 17.2. The van der Waals surface area contributed by atoms with Crippen LogP contribution in [-0.4, -0.2) is 76.7 Å². The van der Waals surface area contributed by atoms with Crippen molar-refractivity contribution in [3.8, 4) is 0 Å². The third-order valence-electron chi connectivity index (χ3n) is 7.38. The number of ether oxygens (including phenoxy) is 3. The van der Waals surface area contributed by atoms with E-state index in [-0.39, 0.29) is 6.54 Å². The van der Waals surface area contributed by atoms with Crippen molar-refractivity contribution in [2.24, 2.45) is 0 Å². The van der Waals surface area contributed by atoms with Gasteiger partial charge in [0.25, 0.3) is 5.91 Å². The molecule has 0 aromatic heterocycles. The molecule has 0 bridgehead atoms. The molecule has 49 heavy (non-hydrogen) atoms. The average Bonchev–Trinajstić information content (AvgIpc) is 3.05. The number of benzene rings is 3. The minimum Gasteiger partial charge on any atom is -0.480 e. The van der Waals surface area contributed by atoms with Gasteiger partial charge in [-0.3, -0.25) is 14.4 Å². The third kappa shape index (κ3) is 10.7. The molecular formula is C37H41N3O9. The highest BCUT2D eigenvalue weighted by molar-refractivity contribution is 5.91. The van der Waals surface area contributed by atoms with Crippen molar-refractivity contribution in [3.05, 3.63) is 120 Å². The van der Waals surface area contributed by atoms with Crippen molar-refractivity contribution in [2.75, 3.05) is 13.1 Å². The number of rotatable bonds is 12. The minimum atomic E-state index is -1.64. The number of amides is 3. The van der Waals surface area contributed by atoms with E-state index in [4.69, 9.17) is 14.2 Å². The maximum Gasteiger partial charge on any atom is 0.408 e. The van der Waals surface area contributed by atoms with E-state index in [1.165, 1.54) is 13.0 Å². The molecule has 3 atom stereocenters. The van der Waals surface area contributed by atoms with Gasteiger partial charge < -0.3 is 34.9 Å². The van der Waals surface area contributed by atoms with Crippen LogP contribution < -0.4 is 10.6 Å². The van der Waals surface area contributed by atoms with E-state index in [9.17, 15) is 29.1 Å². The first kappa shape index (κ1) is 36.2. The Morgan fingerprint density at radius 2 is 1.41 bits per heavy atom. The van der Waals surface area contributed by atoms with Gasteiger partial charge in [-0.1, -0.05) is 91.0 Å². The second-order valence-electron chi connectivity index (χ2n) is 12.5. The van der Waals surface area contributed by atoms with Crippen LogP contribution in [0, 0.1) is 0 Å². The molecule has 0 spiro atoms. The summed E-state index contributed by atoms with van der Waals surface area (Å²) in [6.07, 6.45) is -1.83. The molecule has 3 N–H and O–H groups in total. The first-order valence-electron chi connectivity index (χ1n) is 15.8. The van der Waals surface area contributed by atoms with Crippen LogP contribution in [0.25, 0.3) is 0 Å². The van der Waals surface area contributed by atoms with E-state index >= 15 is 0 Å². The van der Waals surface area contributed by atoms with Gasteiger partial charge in [0, 0.05) is 13.5 Å². The van der Waals surface area contributed by atoms with Gasteiger partial charge in [-0.2, -0.15) is 0 Å². The van der Waals surface area contributed by atoms with Crippen LogP contribution in [0.15, 0.2) is 103 Å². The van der Waals surface area contributed by atoms with Crippen molar-refractivity contribution in [1.29, 1.82) is 0 Å². The molecule has 4 rings (SSSR count). The SMILES string of the molecule is CC(=O)N[C@@H]1[C@@H](NC(=O)OC(C)(C)C)C=C(C(=O)OC(c2ccccc2)c2ccccc2)O[C@H]1C(=O)N(CCc1ccccc1)CC(=O)O. The summed E-state index contributed by atoms with van der Waals surface area (Å²) in [5.41, 5.74) is 1.29. The number of hydrogen-bond donors (Lipinski definition) is 3. The molecule has 0 unspecified atom stereocenters. The lowest BCUT2D eigenvalue weighted by atomic mass is 9.96. The predicted octanol–water partition coefficient (Wildman–Crippen LogP) is 4.16. The Balaban J connectivity index is 1.72. The quantitative estimate of drug-likeness (QED) is 0.240. The molecule has 0 radical (unpaired) electrons. The van der Waals surface area contributed by atoms with Crippen molar-refractivity contribution < 1.29 is 43.3 Å². The molecular weight excluding hydrogens is 630 g/mol. The van der Waals surface area contributed by atoms with Gasteiger partial charge in [0.05, 0.1) is 12.1 Å². The standard InChI is InChI=1S/C37H41N3O9/c1-24(41)38-31-28(39-36(46)49-37(2,3)4)22-29(35(45)48-32(26-16-10-6-11-17-26)27-18-12-7-13-19-27)47-33(31)34(44)40(23-30(42)43)21-20-25-14-8-5-9-15-25/h5-19,22,28,31-33H,20-21,23H2,1-4H3,(H,38,41)(H,39,46)(H,42,43)/t28-,31+,33+/m0/s1. The van der Waals surface area contributed by atoms with Gasteiger partial charge in [0.1, 0.15) is 12.1 Å². The second kappa shape index (κ2) is 16.4. The highest BCUT2D eigenvalue weighted by Crippen LogP contribution is 2.29. The fourth-order valence-electron chi connectivity index (χ4n) is 5.27. The van der Waals surface area contributed by atoms with Crippen molar-refractivity contribution in [1.82, 2.24) is 15.5 Å². The fourth-order valence-corrected chi connectivity index (χ4v) is 5.27. The van der Waals surface area contributed by atoms with Gasteiger partial charge in [-0.15, -0.1) is 0 Å². The number of carbonyl (C=O) groups is 5. The molecule has 12 nitrogen and oxygen atoms in total. The highest BCUT2D eigenvalue weighted by atomic mass is 16.6. The minimum absolute atomic E-state index is 0.0143. The number of esters is 1. The van der Waals surface area contributed by atoms with E-state index in [1.807, 2.05) is 42.5 Å². The number of carbonyl (C=O) groups excluding carboxylic acids is 4. The predicted molar refractivity (Wildman–Crippen MR) is 179 cm³/mol. The lowest BCUT2D eigenvalue weighted by molar-refractivity contribution is -0.157. The first-order chi connectivity index (χ1) is 23.3. The van der Waals surface area contributed by atoms with Crippen LogP contribution in [-0.2, 0) is 39.8 Å². The first-order valence-corrected chi connectivity index (χ1v) is 15.8. The van der Waals surface area contributed by atoms with Crippen LogP contribution in [0.4, 0.5) is 4.79 Å². The van der Waals surface area contributed by atoms with E-state index in [0.29, 0.717) is 17.5 Å². The summed E-state index contributed by atoms with van der Waals surface area (Å²) in [5.74, 6) is -4.04. The number of carboxylic acids is 1. The number of nitrogens with one attached hydrogen (secondary N) is 2. The van der Waals surface area contributed by atoms with Gasteiger partial charge in [0.2, 0.25) is 11.7 Å². The largest absolute Gasteiger partial charge is 0.480 e. The summed E-state index contributed by atoms with van der Waals surface area (Å²) in [6.45, 7) is 5.51. The summed E-state index contributed by atoms with van der Waals surface area (Å²) in [5, 5.41) is 15.0. The summed E-state index contributed by atoms with van der Waals surface area (Å²) in [6, 6.07) is 24.7. The molecule has 0 saturated heterocycles. The van der Waals surface area contributed by atoms with Crippen molar-refractivity contribution >= 4 is 29.8 Å². The Morgan fingerprint density at radius 3 is 1.92 bits per heavy atom. The van der Waals surface area contributed by atoms with E-state index in [2.05, 4.69) is 10.6 Å². The van der Waals surface area contributed by atoms with Crippen molar-refractivity contribution in [3.63, 3.8) is 0 Å². The van der Waals surface area contributed by atoms with Gasteiger partial charge in [-0.05, 0) is 50.0 Å². The smallest absolute Gasteiger partial charge is 0.408 e. The van der Waals surface area contributed by atoms with E-state index in [0.717, 1.165) is 10.5 Å². The van der Waals surface area contributed by atoms with Crippen LogP contribution in [0.1, 0.15) is 50.5 Å². The molecule has 3 aromatic rings. The van der Waals surface area contributed by atoms with Crippen LogP contribution in [0.5, 0.6) is 0 Å². The Labute approximate surface area is 285 Å². The zero-order valence-electron chi connectivity index (χ0n) is 27.8. The van der Waals surface area contributed by atoms with E-state index < -0.39 is 72.0 Å². The molecule has 1 aliphatic heterocycles. The molecule has 12 heteroatoms. The fraction of sp³-hybridized carbons (Fsp3) is 0.324. The summed E-state index contributed by atoms with van der Waals surface area (Å²) in [7, 11) is 0. The molecule has 3 aromatic carbocycles. The number of aliphatic carboxylic acids is 1. The molecule has 0 fully saturated rings. The Hall–Kier alpha value is -5.65. The van der Waals surface area contributed by atoms with Crippen LogP contribution >= 0.6 is 0 Å². The monoisotopic (exact) mass is 671 g/mol. The highest BCUT2D eigenvalue weighted by Gasteiger charge is 2.45. The number of nitrogens with zero attached hydrogens (tertiary/aromatic N) is 1. The average molecular weight is 672 g/mol. The number of hydrogen-bond acceptors (Lipinski definition) is 8. The van der Waals surface area contributed by atoms with Crippen molar-refractivity contribution in [2.45, 2.75) is 64.0 Å². The third-order valence-corrected chi connectivity index (χ3v) is 7.38. The summed E-state index contributed by atoms with van der Waals surface area (Å²) < 4.78 is 17.4. The zero-order valence-corrected chi connectivity index (χ0v) is 27.8. The molecule has 3 amide bonds.